The minimum absolute atomic E-state index is 0.116. The number of carbonyl (C=O) groups excluding carboxylic acids is 1. The van der Waals surface area contributed by atoms with Crippen LogP contribution in [-0.2, 0) is 4.74 Å². The molecule has 0 N–H and O–H groups in total. The molecule has 0 aromatic heterocycles. The summed E-state index contributed by atoms with van der Waals surface area (Å²) in [7, 11) is 0. The van der Waals surface area contributed by atoms with Gasteiger partial charge >= 0.3 is 0 Å². The fourth-order valence-corrected chi connectivity index (χ4v) is 2.63. The molecule has 0 radical (unpaired) electrons. The Morgan fingerprint density at radius 3 is 2.94 bits per heavy atom. The third-order valence-corrected chi connectivity index (χ3v) is 4.02. The predicted octanol–water partition coefficient (Wildman–Crippen LogP) is 3.77. The van der Waals surface area contributed by atoms with E-state index in [4.69, 9.17) is 4.74 Å². The molecule has 1 fully saturated rings. The number of Topliss-reactive ketones (excluding diaryl/α,β-unsaturated/α-hetero) is 1. The van der Waals surface area contributed by atoms with Crippen molar-refractivity contribution in [2.75, 3.05) is 6.61 Å². The van der Waals surface area contributed by atoms with Crippen molar-refractivity contribution in [3.63, 3.8) is 0 Å². The van der Waals surface area contributed by atoms with Crippen LogP contribution in [0.5, 0.6) is 0 Å². The smallest absolute Gasteiger partial charge is 0.166 e. The second-order valence-electron chi connectivity index (χ2n) is 5.58. The fourth-order valence-electron chi connectivity index (χ4n) is 2.63. The lowest BCUT2D eigenvalue weighted by atomic mass is 9.81. The number of aryl methyl sites for hydroxylation is 1. The highest BCUT2D eigenvalue weighted by Gasteiger charge is 2.35. The number of ether oxygens (including phenoxy) is 1. The van der Waals surface area contributed by atoms with Gasteiger partial charge in [0.2, 0.25) is 0 Å². The van der Waals surface area contributed by atoms with E-state index in [1.54, 1.807) is 0 Å². The summed E-state index contributed by atoms with van der Waals surface area (Å²) in [6.07, 6.45) is 2.66. The van der Waals surface area contributed by atoms with E-state index in [2.05, 4.69) is 13.8 Å². The molecule has 1 aromatic rings. The van der Waals surface area contributed by atoms with E-state index in [1.807, 2.05) is 31.2 Å². The highest BCUT2D eigenvalue weighted by atomic mass is 16.5. The summed E-state index contributed by atoms with van der Waals surface area (Å²) < 4.78 is 5.80. The molecule has 2 nitrogen and oxygen atoms in total. The summed E-state index contributed by atoms with van der Waals surface area (Å²) in [6.45, 7) is 6.96. The second kappa shape index (κ2) is 5.23. The van der Waals surface area contributed by atoms with Crippen molar-refractivity contribution in [1.29, 1.82) is 0 Å². The van der Waals surface area contributed by atoms with Crippen LogP contribution in [0, 0.1) is 12.8 Å². The van der Waals surface area contributed by atoms with Crippen LogP contribution in [0.4, 0.5) is 0 Å². The normalized spacial score (nSPS) is 28.1. The lowest BCUT2D eigenvalue weighted by molar-refractivity contribution is -0.0811. The summed E-state index contributed by atoms with van der Waals surface area (Å²) in [4.78, 5) is 12.5. The van der Waals surface area contributed by atoms with Crippen LogP contribution >= 0.6 is 0 Å². The first kappa shape index (κ1) is 13.3. The lowest BCUT2D eigenvalue weighted by Crippen LogP contribution is -2.39. The Kier molecular flexibility index (Phi) is 3.86. The average Bonchev–Trinajstić information content (AvgIpc) is 2.38. The van der Waals surface area contributed by atoms with Gasteiger partial charge in [0.25, 0.3) is 0 Å². The Bertz CT molecular complexity index is 438. The van der Waals surface area contributed by atoms with Gasteiger partial charge in [0.1, 0.15) is 0 Å². The Morgan fingerprint density at radius 2 is 2.28 bits per heavy atom. The summed E-state index contributed by atoms with van der Waals surface area (Å²) in [5, 5.41) is 0. The Labute approximate surface area is 109 Å². The van der Waals surface area contributed by atoms with Gasteiger partial charge in [-0.3, -0.25) is 4.79 Å². The molecule has 18 heavy (non-hydrogen) atoms. The molecule has 0 aliphatic carbocycles. The number of benzene rings is 1. The predicted molar refractivity (Wildman–Crippen MR) is 72.9 cm³/mol. The Morgan fingerprint density at radius 1 is 1.50 bits per heavy atom. The van der Waals surface area contributed by atoms with Crippen molar-refractivity contribution in [3.8, 4) is 0 Å². The van der Waals surface area contributed by atoms with Gasteiger partial charge in [-0.15, -0.1) is 0 Å². The first-order valence-corrected chi connectivity index (χ1v) is 6.79. The molecule has 0 saturated carbocycles. The molecular weight excluding hydrogens is 224 g/mol. The first-order valence-electron chi connectivity index (χ1n) is 6.79. The molecule has 0 unspecified atom stereocenters. The van der Waals surface area contributed by atoms with Crippen LogP contribution in [0.2, 0.25) is 0 Å². The highest BCUT2D eigenvalue weighted by molar-refractivity contribution is 5.98. The molecule has 1 aliphatic heterocycles. The van der Waals surface area contributed by atoms with Crippen molar-refractivity contribution < 1.29 is 9.53 Å². The molecular formula is C16H22O2. The van der Waals surface area contributed by atoms with Crippen LogP contribution in [0.3, 0.4) is 0 Å². The van der Waals surface area contributed by atoms with Gasteiger partial charge in [-0.25, -0.2) is 0 Å². The standard InChI is InChI=1S/C16H22O2/c1-4-16(3)11-14(8-9-18-16)15(17)13-7-5-6-12(2)10-13/h5-7,10,14H,4,8-9,11H2,1-3H3/t14-,16-/m0/s1. The lowest BCUT2D eigenvalue weighted by Gasteiger charge is -2.37. The van der Waals surface area contributed by atoms with Crippen LogP contribution in [-0.4, -0.2) is 18.0 Å². The van der Waals surface area contributed by atoms with Crippen molar-refractivity contribution in [2.45, 2.75) is 45.6 Å². The molecule has 0 bridgehead atoms. The zero-order valence-electron chi connectivity index (χ0n) is 11.5. The maximum Gasteiger partial charge on any atom is 0.166 e. The van der Waals surface area contributed by atoms with E-state index in [0.29, 0.717) is 6.61 Å². The second-order valence-corrected chi connectivity index (χ2v) is 5.58. The largest absolute Gasteiger partial charge is 0.375 e. The number of rotatable bonds is 3. The molecule has 1 aliphatic rings. The minimum atomic E-state index is -0.123. The van der Waals surface area contributed by atoms with Crippen LogP contribution in [0.1, 0.15) is 49.0 Å². The van der Waals surface area contributed by atoms with Crippen molar-refractivity contribution in [1.82, 2.24) is 0 Å². The number of ketones is 1. The van der Waals surface area contributed by atoms with Crippen molar-refractivity contribution >= 4 is 5.78 Å². The monoisotopic (exact) mass is 246 g/mol. The number of hydrogen-bond donors (Lipinski definition) is 0. The van der Waals surface area contributed by atoms with E-state index in [1.165, 1.54) is 0 Å². The van der Waals surface area contributed by atoms with Gasteiger partial charge in [0, 0.05) is 18.1 Å². The average molecular weight is 246 g/mol. The summed E-state index contributed by atoms with van der Waals surface area (Å²) in [5.41, 5.74) is 1.87. The maximum atomic E-state index is 12.5. The van der Waals surface area contributed by atoms with E-state index in [-0.39, 0.29) is 17.3 Å². The molecule has 0 spiro atoms. The summed E-state index contributed by atoms with van der Waals surface area (Å²) in [6, 6.07) is 7.90. The number of carbonyl (C=O) groups is 1. The fraction of sp³-hybridized carbons (Fsp3) is 0.562. The van der Waals surface area contributed by atoms with Crippen LogP contribution in [0.15, 0.2) is 24.3 Å². The molecule has 0 amide bonds. The van der Waals surface area contributed by atoms with Gasteiger partial charge in [0.15, 0.2) is 5.78 Å². The van der Waals surface area contributed by atoms with E-state index < -0.39 is 0 Å². The van der Waals surface area contributed by atoms with Gasteiger partial charge < -0.3 is 4.74 Å². The zero-order valence-corrected chi connectivity index (χ0v) is 11.5. The number of hydrogen-bond acceptors (Lipinski definition) is 2. The van der Waals surface area contributed by atoms with Gasteiger partial charge in [-0.2, -0.15) is 0 Å². The van der Waals surface area contributed by atoms with E-state index >= 15 is 0 Å². The zero-order chi connectivity index (χ0) is 13.2. The molecule has 1 heterocycles. The van der Waals surface area contributed by atoms with Gasteiger partial charge in [-0.05, 0) is 39.2 Å². The van der Waals surface area contributed by atoms with Gasteiger partial charge in [-0.1, -0.05) is 30.7 Å². The third kappa shape index (κ3) is 2.81. The molecule has 1 aromatic carbocycles. The molecule has 2 rings (SSSR count). The van der Waals surface area contributed by atoms with E-state index in [0.717, 1.165) is 30.4 Å². The minimum Gasteiger partial charge on any atom is -0.375 e. The quantitative estimate of drug-likeness (QED) is 0.759. The van der Waals surface area contributed by atoms with E-state index in [9.17, 15) is 4.79 Å². The Hall–Kier alpha value is -1.15. The maximum absolute atomic E-state index is 12.5. The van der Waals surface area contributed by atoms with Crippen molar-refractivity contribution in [2.24, 2.45) is 5.92 Å². The highest BCUT2D eigenvalue weighted by Crippen LogP contribution is 2.33. The van der Waals surface area contributed by atoms with Crippen LogP contribution in [0.25, 0.3) is 0 Å². The Balaban J connectivity index is 2.14. The molecule has 1 saturated heterocycles. The summed E-state index contributed by atoms with van der Waals surface area (Å²) in [5.74, 6) is 0.396. The third-order valence-electron chi connectivity index (χ3n) is 4.02. The summed E-state index contributed by atoms with van der Waals surface area (Å²) >= 11 is 0. The first-order chi connectivity index (χ1) is 8.54. The SMILES string of the molecule is CC[C@@]1(C)C[C@@H](C(=O)c2cccc(C)c2)CCO1. The molecule has 2 heteroatoms. The molecule has 2 atom stereocenters. The van der Waals surface area contributed by atoms with Gasteiger partial charge in [0.05, 0.1) is 5.60 Å². The van der Waals surface area contributed by atoms with Crippen LogP contribution < -0.4 is 0 Å². The molecule has 98 valence electrons. The topological polar surface area (TPSA) is 26.3 Å². The van der Waals surface area contributed by atoms with Crippen molar-refractivity contribution in [3.05, 3.63) is 35.4 Å².